The Bertz CT molecular complexity index is 541. The number of H-pyrrole nitrogens is 1. The third-order valence-electron chi connectivity index (χ3n) is 2.06. The van der Waals surface area contributed by atoms with E-state index in [1.165, 1.54) is 11.8 Å². The van der Waals surface area contributed by atoms with Crippen molar-refractivity contribution < 1.29 is 4.79 Å². The SMILES string of the molecule is Cc1nc(SCC(=O)c2cccc(Br)c2)n[nH]1. The van der Waals surface area contributed by atoms with Gasteiger partial charge in [-0.2, -0.15) is 0 Å². The number of hydrogen-bond donors (Lipinski definition) is 1. The fourth-order valence-electron chi connectivity index (χ4n) is 1.26. The molecule has 0 spiro atoms. The van der Waals surface area contributed by atoms with Crippen molar-refractivity contribution in [3.63, 3.8) is 0 Å². The molecule has 1 aromatic heterocycles. The fourth-order valence-corrected chi connectivity index (χ4v) is 2.40. The van der Waals surface area contributed by atoms with Gasteiger partial charge < -0.3 is 0 Å². The molecule has 1 N–H and O–H groups in total. The Morgan fingerprint density at radius 3 is 3.00 bits per heavy atom. The lowest BCUT2D eigenvalue weighted by Gasteiger charge is -1.99. The van der Waals surface area contributed by atoms with Gasteiger partial charge in [0, 0.05) is 10.0 Å². The van der Waals surface area contributed by atoms with E-state index in [4.69, 9.17) is 0 Å². The summed E-state index contributed by atoms with van der Waals surface area (Å²) >= 11 is 4.67. The number of carbonyl (C=O) groups excluding carboxylic acids is 1. The van der Waals surface area contributed by atoms with Crippen molar-refractivity contribution in [1.82, 2.24) is 15.2 Å². The minimum atomic E-state index is 0.0683. The number of benzene rings is 1. The molecule has 0 unspecified atom stereocenters. The molecule has 0 aliphatic carbocycles. The number of aromatic amines is 1. The molecule has 0 bridgehead atoms. The Morgan fingerprint density at radius 1 is 1.53 bits per heavy atom. The molecule has 0 aliphatic heterocycles. The summed E-state index contributed by atoms with van der Waals surface area (Å²) in [5.74, 6) is 1.16. The van der Waals surface area contributed by atoms with E-state index in [0.717, 1.165) is 10.3 Å². The Labute approximate surface area is 111 Å². The number of rotatable bonds is 4. The Kier molecular flexibility index (Phi) is 3.96. The molecule has 1 heterocycles. The van der Waals surface area contributed by atoms with Crippen molar-refractivity contribution in [2.75, 3.05) is 5.75 Å². The number of carbonyl (C=O) groups is 1. The maximum Gasteiger partial charge on any atom is 0.208 e. The molecule has 0 atom stereocenters. The molecule has 0 radical (unpaired) electrons. The van der Waals surface area contributed by atoms with Gasteiger partial charge in [-0.05, 0) is 19.1 Å². The molecule has 6 heteroatoms. The summed E-state index contributed by atoms with van der Waals surface area (Å²) < 4.78 is 0.905. The normalized spacial score (nSPS) is 10.5. The van der Waals surface area contributed by atoms with E-state index in [-0.39, 0.29) is 5.78 Å². The van der Waals surface area contributed by atoms with E-state index in [0.29, 0.717) is 16.5 Å². The van der Waals surface area contributed by atoms with Crippen molar-refractivity contribution in [2.45, 2.75) is 12.1 Å². The highest BCUT2D eigenvalue weighted by atomic mass is 79.9. The van der Waals surface area contributed by atoms with Crippen molar-refractivity contribution in [2.24, 2.45) is 0 Å². The van der Waals surface area contributed by atoms with Crippen LogP contribution in [0.4, 0.5) is 0 Å². The lowest BCUT2D eigenvalue weighted by Crippen LogP contribution is -2.02. The van der Waals surface area contributed by atoms with Gasteiger partial charge in [-0.1, -0.05) is 39.8 Å². The fraction of sp³-hybridized carbons (Fsp3) is 0.182. The van der Waals surface area contributed by atoms with Crippen LogP contribution < -0.4 is 0 Å². The lowest BCUT2D eigenvalue weighted by atomic mass is 10.2. The zero-order chi connectivity index (χ0) is 12.3. The van der Waals surface area contributed by atoms with E-state index in [1.807, 2.05) is 25.1 Å². The van der Waals surface area contributed by atoms with Gasteiger partial charge in [0.25, 0.3) is 0 Å². The van der Waals surface area contributed by atoms with Crippen molar-refractivity contribution in [3.05, 3.63) is 40.1 Å². The van der Waals surface area contributed by atoms with Gasteiger partial charge in [0.15, 0.2) is 5.78 Å². The van der Waals surface area contributed by atoms with E-state index in [1.54, 1.807) is 6.07 Å². The highest BCUT2D eigenvalue weighted by Gasteiger charge is 2.09. The van der Waals surface area contributed by atoms with Crippen LogP contribution in [-0.4, -0.2) is 26.7 Å². The molecular formula is C11H10BrN3OS. The van der Waals surface area contributed by atoms with E-state index < -0.39 is 0 Å². The molecule has 0 fully saturated rings. The minimum Gasteiger partial charge on any atom is -0.293 e. The van der Waals surface area contributed by atoms with E-state index in [2.05, 4.69) is 31.1 Å². The second-order valence-corrected chi connectivity index (χ2v) is 5.28. The van der Waals surface area contributed by atoms with Gasteiger partial charge in [0.2, 0.25) is 5.16 Å². The van der Waals surface area contributed by atoms with Crippen LogP contribution in [0.2, 0.25) is 0 Å². The quantitative estimate of drug-likeness (QED) is 0.697. The van der Waals surface area contributed by atoms with Crippen molar-refractivity contribution >= 4 is 33.5 Å². The highest BCUT2D eigenvalue weighted by Crippen LogP contribution is 2.17. The first-order valence-corrected chi connectivity index (χ1v) is 6.73. The first-order chi connectivity index (χ1) is 8.15. The molecule has 2 rings (SSSR count). The first kappa shape index (κ1) is 12.3. The maximum absolute atomic E-state index is 11.9. The van der Waals surface area contributed by atoms with Crippen LogP contribution in [0.5, 0.6) is 0 Å². The lowest BCUT2D eigenvalue weighted by molar-refractivity contribution is 0.102. The number of aryl methyl sites for hydroxylation is 1. The molecule has 4 nitrogen and oxygen atoms in total. The summed E-state index contributed by atoms with van der Waals surface area (Å²) in [5, 5.41) is 7.31. The minimum absolute atomic E-state index is 0.0683. The molecule has 0 amide bonds. The van der Waals surface area contributed by atoms with Crippen LogP contribution in [0.25, 0.3) is 0 Å². The third kappa shape index (κ3) is 3.41. The van der Waals surface area contributed by atoms with Gasteiger partial charge >= 0.3 is 0 Å². The zero-order valence-electron chi connectivity index (χ0n) is 9.11. The van der Waals surface area contributed by atoms with Crippen molar-refractivity contribution in [3.8, 4) is 0 Å². The van der Waals surface area contributed by atoms with Crippen LogP contribution in [0, 0.1) is 6.92 Å². The molecule has 2 aromatic rings. The number of halogens is 1. The Morgan fingerprint density at radius 2 is 2.35 bits per heavy atom. The van der Waals surface area contributed by atoms with Gasteiger partial charge in [-0.15, -0.1) is 5.10 Å². The first-order valence-electron chi connectivity index (χ1n) is 4.96. The van der Waals surface area contributed by atoms with Crippen LogP contribution in [0.3, 0.4) is 0 Å². The van der Waals surface area contributed by atoms with Gasteiger partial charge in [0.1, 0.15) is 5.82 Å². The second-order valence-electron chi connectivity index (χ2n) is 3.43. The Hall–Kier alpha value is -1.14. The van der Waals surface area contributed by atoms with Crippen LogP contribution >= 0.6 is 27.7 Å². The number of aromatic nitrogens is 3. The molecule has 1 aromatic carbocycles. The number of hydrogen-bond acceptors (Lipinski definition) is 4. The van der Waals surface area contributed by atoms with Gasteiger partial charge in [-0.25, -0.2) is 4.98 Å². The number of thioether (sulfide) groups is 1. The molecule has 88 valence electrons. The summed E-state index contributed by atoms with van der Waals surface area (Å²) in [4.78, 5) is 16.0. The predicted molar refractivity (Wildman–Crippen MR) is 70.3 cm³/mol. The van der Waals surface area contributed by atoms with E-state index in [9.17, 15) is 4.79 Å². The number of ketones is 1. The maximum atomic E-state index is 11.9. The Balaban J connectivity index is 1.98. The van der Waals surface area contributed by atoms with E-state index >= 15 is 0 Å². The average Bonchev–Trinajstić information content (AvgIpc) is 2.72. The average molecular weight is 312 g/mol. The number of nitrogens with zero attached hydrogens (tertiary/aromatic N) is 2. The van der Waals surface area contributed by atoms with Crippen molar-refractivity contribution in [1.29, 1.82) is 0 Å². The molecule has 0 saturated carbocycles. The monoisotopic (exact) mass is 311 g/mol. The summed E-state index contributed by atoms with van der Waals surface area (Å²) in [5.41, 5.74) is 0.694. The van der Waals surface area contributed by atoms with Crippen LogP contribution in [-0.2, 0) is 0 Å². The highest BCUT2D eigenvalue weighted by molar-refractivity contribution is 9.10. The number of nitrogens with one attached hydrogen (secondary N) is 1. The molecule has 0 aliphatic rings. The zero-order valence-corrected chi connectivity index (χ0v) is 11.5. The van der Waals surface area contributed by atoms with Gasteiger partial charge in [0.05, 0.1) is 5.75 Å². The number of Topliss-reactive ketones (excluding diaryl/α,β-unsaturated/α-hetero) is 1. The summed E-state index contributed by atoms with van der Waals surface area (Å²) in [6.45, 7) is 1.83. The van der Waals surface area contributed by atoms with Gasteiger partial charge in [-0.3, -0.25) is 9.89 Å². The molecular weight excluding hydrogens is 302 g/mol. The van der Waals surface area contributed by atoms with Crippen LogP contribution in [0.15, 0.2) is 33.9 Å². The topological polar surface area (TPSA) is 58.6 Å². The third-order valence-corrected chi connectivity index (χ3v) is 3.40. The second kappa shape index (κ2) is 5.46. The smallest absolute Gasteiger partial charge is 0.208 e. The largest absolute Gasteiger partial charge is 0.293 e. The predicted octanol–water partition coefficient (Wildman–Crippen LogP) is 2.85. The molecule has 17 heavy (non-hydrogen) atoms. The summed E-state index contributed by atoms with van der Waals surface area (Å²) in [6.07, 6.45) is 0. The summed E-state index contributed by atoms with van der Waals surface area (Å²) in [6, 6.07) is 7.35. The van der Waals surface area contributed by atoms with Crippen LogP contribution in [0.1, 0.15) is 16.2 Å². The summed E-state index contributed by atoms with van der Waals surface area (Å²) in [7, 11) is 0. The molecule has 0 saturated heterocycles. The standard InChI is InChI=1S/C11H10BrN3OS/c1-7-13-11(15-14-7)17-6-10(16)8-3-2-4-9(12)5-8/h2-5H,6H2,1H3,(H,13,14,15).